The zero-order valence-corrected chi connectivity index (χ0v) is 11.3. The van der Waals surface area contributed by atoms with Crippen molar-refractivity contribution in [2.24, 2.45) is 0 Å². The van der Waals surface area contributed by atoms with Crippen molar-refractivity contribution in [2.75, 3.05) is 13.1 Å². The molecule has 0 aromatic rings. The number of nitrogens with zero attached hydrogens (tertiary/aromatic N) is 1. The third kappa shape index (κ3) is 5.04. The normalized spacial score (nSPS) is 17.9. The standard InChI is InChI=1S/C13H24N2O3/c1-3-10(2)14-12(16)8-15(9-13(17)18)11-6-4-5-7-11/h10-11H,3-9H2,1-2H3,(H,14,16)(H,17,18). The lowest BCUT2D eigenvalue weighted by molar-refractivity contribution is -0.139. The number of hydrogen-bond acceptors (Lipinski definition) is 3. The third-order valence-corrected chi connectivity index (χ3v) is 3.55. The number of carbonyl (C=O) groups excluding carboxylic acids is 1. The first kappa shape index (κ1) is 15.0. The third-order valence-electron chi connectivity index (χ3n) is 3.55. The highest BCUT2D eigenvalue weighted by molar-refractivity contribution is 5.79. The molecule has 5 nitrogen and oxygen atoms in total. The monoisotopic (exact) mass is 256 g/mol. The largest absolute Gasteiger partial charge is 0.480 e. The van der Waals surface area contributed by atoms with Crippen molar-refractivity contribution >= 4 is 11.9 Å². The summed E-state index contributed by atoms with van der Waals surface area (Å²) < 4.78 is 0. The number of aliphatic carboxylic acids is 1. The van der Waals surface area contributed by atoms with Gasteiger partial charge < -0.3 is 10.4 Å². The van der Waals surface area contributed by atoms with Crippen molar-refractivity contribution in [1.82, 2.24) is 10.2 Å². The highest BCUT2D eigenvalue weighted by Gasteiger charge is 2.26. The zero-order chi connectivity index (χ0) is 13.5. The topological polar surface area (TPSA) is 69.6 Å². The van der Waals surface area contributed by atoms with Crippen LogP contribution in [-0.4, -0.2) is 47.1 Å². The number of carboxylic acids is 1. The van der Waals surface area contributed by atoms with Gasteiger partial charge in [0.1, 0.15) is 0 Å². The van der Waals surface area contributed by atoms with Crippen LogP contribution in [0.2, 0.25) is 0 Å². The van der Waals surface area contributed by atoms with E-state index in [1.807, 2.05) is 13.8 Å². The molecule has 0 spiro atoms. The minimum atomic E-state index is -0.863. The molecule has 1 amide bonds. The number of nitrogens with one attached hydrogen (secondary N) is 1. The molecule has 0 aromatic heterocycles. The van der Waals surface area contributed by atoms with Crippen LogP contribution in [0.25, 0.3) is 0 Å². The van der Waals surface area contributed by atoms with E-state index in [9.17, 15) is 9.59 Å². The molecule has 1 fully saturated rings. The average molecular weight is 256 g/mol. The second-order valence-electron chi connectivity index (χ2n) is 5.11. The lowest BCUT2D eigenvalue weighted by Crippen LogP contribution is -2.46. The van der Waals surface area contributed by atoms with Crippen molar-refractivity contribution in [1.29, 1.82) is 0 Å². The van der Waals surface area contributed by atoms with Crippen LogP contribution < -0.4 is 5.32 Å². The summed E-state index contributed by atoms with van der Waals surface area (Å²) in [5, 5.41) is 11.8. The molecule has 1 atom stereocenters. The van der Waals surface area contributed by atoms with Crippen molar-refractivity contribution < 1.29 is 14.7 Å². The molecule has 1 rings (SSSR count). The molecule has 18 heavy (non-hydrogen) atoms. The first-order chi connectivity index (χ1) is 8.52. The SMILES string of the molecule is CCC(C)NC(=O)CN(CC(=O)O)C1CCCC1. The molecule has 1 unspecified atom stereocenters. The first-order valence-corrected chi connectivity index (χ1v) is 6.78. The van der Waals surface area contributed by atoms with Crippen LogP contribution in [0.3, 0.4) is 0 Å². The smallest absolute Gasteiger partial charge is 0.317 e. The van der Waals surface area contributed by atoms with Crippen molar-refractivity contribution in [3.63, 3.8) is 0 Å². The number of carbonyl (C=O) groups is 2. The van der Waals surface area contributed by atoms with Gasteiger partial charge in [-0.15, -0.1) is 0 Å². The van der Waals surface area contributed by atoms with Crippen molar-refractivity contribution in [3.8, 4) is 0 Å². The maximum atomic E-state index is 11.8. The number of carboxylic acid groups (broad SMARTS) is 1. The van der Waals surface area contributed by atoms with E-state index >= 15 is 0 Å². The van der Waals surface area contributed by atoms with E-state index in [4.69, 9.17) is 5.11 Å². The summed E-state index contributed by atoms with van der Waals surface area (Å²) in [5.41, 5.74) is 0. The predicted molar refractivity (Wildman–Crippen MR) is 69.4 cm³/mol. The summed E-state index contributed by atoms with van der Waals surface area (Å²) in [7, 11) is 0. The van der Waals surface area contributed by atoms with Gasteiger partial charge in [0, 0.05) is 12.1 Å². The first-order valence-electron chi connectivity index (χ1n) is 6.78. The zero-order valence-electron chi connectivity index (χ0n) is 11.3. The minimum absolute atomic E-state index is 0.0431. The van der Waals surface area contributed by atoms with Crippen LogP contribution >= 0.6 is 0 Å². The number of hydrogen-bond donors (Lipinski definition) is 2. The Morgan fingerprint density at radius 3 is 2.44 bits per heavy atom. The fourth-order valence-corrected chi connectivity index (χ4v) is 2.36. The summed E-state index contributed by atoms with van der Waals surface area (Å²) >= 11 is 0. The van der Waals surface area contributed by atoms with Crippen LogP contribution in [0.5, 0.6) is 0 Å². The Hall–Kier alpha value is -1.10. The molecule has 0 aliphatic heterocycles. The molecule has 0 saturated heterocycles. The van der Waals surface area contributed by atoms with Gasteiger partial charge >= 0.3 is 5.97 Å². The van der Waals surface area contributed by atoms with E-state index < -0.39 is 5.97 Å². The molecular formula is C13H24N2O3. The Balaban J connectivity index is 2.49. The quantitative estimate of drug-likeness (QED) is 0.719. The highest BCUT2D eigenvalue weighted by Crippen LogP contribution is 2.23. The molecule has 1 aliphatic carbocycles. The molecule has 104 valence electrons. The van der Waals surface area contributed by atoms with Crippen LogP contribution in [0.15, 0.2) is 0 Å². The van der Waals surface area contributed by atoms with Crippen LogP contribution in [0, 0.1) is 0 Å². The molecule has 1 saturated carbocycles. The Labute approximate surface area is 109 Å². The van der Waals surface area contributed by atoms with Gasteiger partial charge in [-0.3, -0.25) is 14.5 Å². The van der Waals surface area contributed by atoms with Gasteiger partial charge in [0.25, 0.3) is 0 Å². The molecule has 2 N–H and O–H groups in total. The predicted octanol–water partition coefficient (Wildman–Crippen LogP) is 1.23. The molecule has 0 bridgehead atoms. The summed E-state index contributed by atoms with van der Waals surface area (Å²) in [6.07, 6.45) is 5.16. The lowest BCUT2D eigenvalue weighted by atomic mass is 10.2. The Bertz CT molecular complexity index is 288. The fourth-order valence-electron chi connectivity index (χ4n) is 2.36. The number of amides is 1. The van der Waals surface area contributed by atoms with E-state index in [0.29, 0.717) is 0 Å². The fraction of sp³-hybridized carbons (Fsp3) is 0.846. The Morgan fingerprint density at radius 2 is 1.94 bits per heavy atom. The van der Waals surface area contributed by atoms with Crippen LogP contribution in [-0.2, 0) is 9.59 Å². The van der Waals surface area contributed by atoms with Gasteiger partial charge in [-0.2, -0.15) is 0 Å². The van der Waals surface area contributed by atoms with Gasteiger partial charge in [0.15, 0.2) is 0 Å². The van der Waals surface area contributed by atoms with Gasteiger partial charge in [-0.1, -0.05) is 19.8 Å². The second-order valence-corrected chi connectivity index (χ2v) is 5.11. The molecule has 5 heteroatoms. The molecule has 0 radical (unpaired) electrons. The highest BCUT2D eigenvalue weighted by atomic mass is 16.4. The van der Waals surface area contributed by atoms with Crippen LogP contribution in [0.4, 0.5) is 0 Å². The van der Waals surface area contributed by atoms with Crippen LogP contribution in [0.1, 0.15) is 46.0 Å². The summed E-state index contributed by atoms with van der Waals surface area (Å²) in [5.74, 6) is -0.935. The van der Waals surface area contributed by atoms with Crippen molar-refractivity contribution in [3.05, 3.63) is 0 Å². The molecule has 1 aliphatic rings. The van der Waals surface area contributed by atoms with Crippen molar-refractivity contribution in [2.45, 2.75) is 58.0 Å². The maximum Gasteiger partial charge on any atom is 0.317 e. The maximum absolute atomic E-state index is 11.8. The summed E-state index contributed by atoms with van der Waals surface area (Å²) in [6, 6.07) is 0.400. The number of rotatable bonds is 7. The van der Waals surface area contributed by atoms with Gasteiger partial charge in [0.2, 0.25) is 5.91 Å². The van der Waals surface area contributed by atoms with Gasteiger partial charge in [-0.25, -0.2) is 0 Å². The minimum Gasteiger partial charge on any atom is -0.480 e. The Morgan fingerprint density at radius 1 is 1.33 bits per heavy atom. The van der Waals surface area contributed by atoms with E-state index in [-0.39, 0.29) is 31.1 Å². The summed E-state index contributed by atoms with van der Waals surface area (Å²) in [4.78, 5) is 24.5. The Kier molecular flexibility index (Phi) is 6.12. The molecule has 0 heterocycles. The molecule has 0 aromatic carbocycles. The summed E-state index contributed by atoms with van der Waals surface area (Å²) in [6.45, 7) is 4.12. The second kappa shape index (κ2) is 7.36. The van der Waals surface area contributed by atoms with E-state index in [1.54, 1.807) is 4.90 Å². The van der Waals surface area contributed by atoms with Gasteiger partial charge in [-0.05, 0) is 26.2 Å². The molecular weight excluding hydrogens is 232 g/mol. The van der Waals surface area contributed by atoms with E-state index in [1.165, 1.54) is 0 Å². The van der Waals surface area contributed by atoms with E-state index in [2.05, 4.69) is 5.32 Å². The van der Waals surface area contributed by atoms with E-state index in [0.717, 1.165) is 32.1 Å². The lowest BCUT2D eigenvalue weighted by Gasteiger charge is -2.27. The van der Waals surface area contributed by atoms with Gasteiger partial charge in [0.05, 0.1) is 13.1 Å². The average Bonchev–Trinajstić information content (AvgIpc) is 2.80.